The number of aromatic nitrogens is 4. The van der Waals surface area contributed by atoms with Crippen LogP contribution in [0.15, 0.2) is 9.59 Å². The normalized spacial score (nSPS) is 15.5. The third kappa shape index (κ3) is 3.59. The molecule has 1 N–H and O–H groups in total. The van der Waals surface area contributed by atoms with Crippen LogP contribution in [0.25, 0.3) is 11.2 Å². The Kier molecular flexibility index (Phi) is 5.58. The number of carbonyl (C=O) groups is 1. The zero-order valence-corrected chi connectivity index (χ0v) is 15.4. The molecule has 0 amide bonds. The monoisotopic (exact) mass is 362 g/mol. The molecule has 1 aliphatic carbocycles. The van der Waals surface area contributed by atoms with Gasteiger partial charge in [0.05, 0.1) is 5.92 Å². The van der Waals surface area contributed by atoms with E-state index in [9.17, 15) is 14.4 Å². The molecule has 26 heavy (non-hydrogen) atoms. The number of hydrogen-bond acceptors (Lipinski definition) is 5. The Labute approximate surface area is 151 Å². The molecule has 8 nitrogen and oxygen atoms in total. The predicted molar refractivity (Wildman–Crippen MR) is 96.9 cm³/mol. The molecule has 0 aliphatic heterocycles. The first-order chi connectivity index (χ1) is 12.5. The van der Waals surface area contributed by atoms with E-state index in [1.165, 1.54) is 11.0 Å². The smallest absolute Gasteiger partial charge is 0.330 e. The molecule has 142 valence electrons. The number of aromatic amines is 1. The molecule has 1 aliphatic rings. The van der Waals surface area contributed by atoms with Crippen LogP contribution < -0.4 is 11.2 Å². The SMILES string of the molecule is CCCCn1c(=O)[nH]c(=O)c2c1nc(COC(=O)C1CCCCC1)n2C. The number of esters is 1. The molecular weight excluding hydrogens is 336 g/mol. The quantitative estimate of drug-likeness (QED) is 0.791. The fraction of sp³-hybridized carbons (Fsp3) is 0.667. The van der Waals surface area contributed by atoms with E-state index in [1.54, 1.807) is 11.6 Å². The molecule has 1 fully saturated rings. The second-order valence-electron chi connectivity index (χ2n) is 6.97. The first-order valence-corrected chi connectivity index (χ1v) is 9.38. The van der Waals surface area contributed by atoms with Gasteiger partial charge in [-0.15, -0.1) is 0 Å². The summed E-state index contributed by atoms with van der Waals surface area (Å²) in [7, 11) is 1.70. The Balaban J connectivity index is 1.86. The molecule has 0 radical (unpaired) electrons. The maximum absolute atomic E-state index is 12.2. The number of fused-ring (bicyclic) bond motifs is 1. The minimum atomic E-state index is -0.474. The molecule has 0 unspecified atom stereocenters. The Morgan fingerprint density at radius 2 is 2.00 bits per heavy atom. The lowest BCUT2D eigenvalue weighted by molar-refractivity contribution is -0.151. The maximum atomic E-state index is 12.2. The Morgan fingerprint density at radius 1 is 1.27 bits per heavy atom. The molecule has 0 saturated heterocycles. The fourth-order valence-electron chi connectivity index (χ4n) is 3.54. The molecule has 0 bridgehead atoms. The number of H-pyrrole nitrogens is 1. The fourth-order valence-corrected chi connectivity index (χ4v) is 3.54. The minimum Gasteiger partial charge on any atom is -0.457 e. The third-order valence-electron chi connectivity index (χ3n) is 5.12. The van der Waals surface area contributed by atoms with Crippen molar-refractivity contribution in [1.82, 2.24) is 19.1 Å². The van der Waals surface area contributed by atoms with Gasteiger partial charge >= 0.3 is 11.7 Å². The van der Waals surface area contributed by atoms with Gasteiger partial charge < -0.3 is 9.30 Å². The largest absolute Gasteiger partial charge is 0.457 e. The molecule has 0 aromatic carbocycles. The number of ether oxygens (including phenoxy) is 1. The van der Waals surface area contributed by atoms with Crippen LogP contribution in [0.3, 0.4) is 0 Å². The van der Waals surface area contributed by atoms with E-state index in [0.717, 1.165) is 38.5 Å². The highest BCUT2D eigenvalue weighted by molar-refractivity contribution is 5.73. The van der Waals surface area contributed by atoms with Gasteiger partial charge in [-0.3, -0.25) is 19.1 Å². The second kappa shape index (κ2) is 7.88. The second-order valence-corrected chi connectivity index (χ2v) is 6.97. The van der Waals surface area contributed by atoms with Crippen LogP contribution in [0.4, 0.5) is 0 Å². The summed E-state index contributed by atoms with van der Waals surface area (Å²) in [6, 6.07) is 0. The zero-order valence-electron chi connectivity index (χ0n) is 15.4. The molecule has 2 heterocycles. The van der Waals surface area contributed by atoms with Crippen molar-refractivity contribution < 1.29 is 9.53 Å². The van der Waals surface area contributed by atoms with Crippen LogP contribution in [-0.2, 0) is 29.7 Å². The minimum absolute atomic E-state index is 0.00191. The molecule has 3 rings (SSSR count). The number of carbonyl (C=O) groups excluding carboxylic acids is 1. The van der Waals surface area contributed by atoms with Crippen molar-refractivity contribution >= 4 is 17.1 Å². The van der Waals surface area contributed by atoms with Crippen LogP contribution >= 0.6 is 0 Å². The maximum Gasteiger partial charge on any atom is 0.330 e. The van der Waals surface area contributed by atoms with Crippen LogP contribution in [0.1, 0.15) is 57.7 Å². The molecule has 2 aromatic heterocycles. The highest BCUT2D eigenvalue weighted by Crippen LogP contribution is 2.25. The van der Waals surface area contributed by atoms with Crippen molar-refractivity contribution in [2.24, 2.45) is 13.0 Å². The number of hydrogen-bond donors (Lipinski definition) is 1. The van der Waals surface area contributed by atoms with Crippen molar-refractivity contribution in [3.63, 3.8) is 0 Å². The summed E-state index contributed by atoms with van der Waals surface area (Å²) in [4.78, 5) is 43.4. The average Bonchev–Trinajstić information content (AvgIpc) is 2.97. The standard InChI is InChI=1S/C18H26N4O4/c1-3-4-10-22-15-14(16(23)20-18(22)25)21(2)13(19-15)11-26-17(24)12-8-6-5-7-9-12/h12H,3-11H2,1-2H3,(H,20,23,25). The van der Waals surface area contributed by atoms with Gasteiger partial charge in [0.25, 0.3) is 5.56 Å². The summed E-state index contributed by atoms with van der Waals surface area (Å²) < 4.78 is 8.53. The summed E-state index contributed by atoms with van der Waals surface area (Å²) in [6.07, 6.45) is 6.77. The topological polar surface area (TPSA) is 99.0 Å². The van der Waals surface area contributed by atoms with E-state index < -0.39 is 11.2 Å². The first-order valence-electron chi connectivity index (χ1n) is 9.38. The number of unbranched alkanes of at least 4 members (excludes halogenated alkanes) is 1. The number of rotatable bonds is 6. The van der Waals surface area contributed by atoms with Gasteiger partial charge in [-0.1, -0.05) is 32.6 Å². The lowest BCUT2D eigenvalue weighted by Crippen LogP contribution is -2.31. The average molecular weight is 362 g/mol. The van der Waals surface area contributed by atoms with E-state index in [2.05, 4.69) is 9.97 Å². The number of nitrogens with one attached hydrogen (secondary N) is 1. The van der Waals surface area contributed by atoms with E-state index >= 15 is 0 Å². The van der Waals surface area contributed by atoms with E-state index in [4.69, 9.17) is 4.74 Å². The Hall–Kier alpha value is -2.38. The van der Waals surface area contributed by atoms with Crippen molar-refractivity contribution in [3.05, 3.63) is 26.7 Å². The van der Waals surface area contributed by atoms with Gasteiger partial charge in [0.1, 0.15) is 12.4 Å². The van der Waals surface area contributed by atoms with Crippen LogP contribution in [0.5, 0.6) is 0 Å². The predicted octanol–water partition coefficient (Wildman–Crippen LogP) is 1.85. The lowest BCUT2D eigenvalue weighted by Gasteiger charge is -2.19. The molecule has 8 heteroatoms. The van der Waals surface area contributed by atoms with Crippen LogP contribution in [-0.4, -0.2) is 25.1 Å². The van der Waals surface area contributed by atoms with Crippen molar-refractivity contribution in [2.75, 3.05) is 0 Å². The summed E-state index contributed by atoms with van der Waals surface area (Å²) in [6.45, 7) is 2.52. The van der Waals surface area contributed by atoms with Gasteiger partial charge in [0, 0.05) is 13.6 Å². The molecular formula is C18H26N4O4. The van der Waals surface area contributed by atoms with Gasteiger partial charge in [0.15, 0.2) is 11.2 Å². The van der Waals surface area contributed by atoms with Crippen molar-refractivity contribution in [3.8, 4) is 0 Å². The van der Waals surface area contributed by atoms with E-state index in [0.29, 0.717) is 23.5 Å². The Bertz CT molecular complexity index is 902. The number of nitrogens with zero attached hydrogens (tertiary/aromatic N) is 3. The van der Waals surface area contributed by atoms with E-state index in [1.807, 2.05) is 6.92 Å². The lowest BCUT2D eigenvalue weighted by atomic mass is 9.89. The summed E-state index contributed by atoms with van der Waals surface area (Å²) in [5.41, 5.74) is -0.264. The van der Waals surface area contributed by atoms with E-state index in [-0.39, 0.29) is 18.5 Å². The Morgan fingerprint density at radius 3 is 2.69 bits per heavy atom. The summed E-state index contributed by atoms with van der Waals surface area (Å²) in [5, 5.41) is 0. The zero-order chi connectivity index (χ0) is 18.7. The molecule has 2 aromatic rings. The van der Waals surface area contributed by atoms with Gasteiger partial charge in [-0.25, -0.2) is 9.78 Å². The van der Waals surface area contributed by atoms with Gasteiger partial charge in [0.2, 0.25) is 0 Å². The highest BCUT2D eigenvalue weighted by Gasteiger charge is 2.23. The summed E-state index contributed by atoms with van der Waals surface area (Å²) in [5.74, 6) is 0.226. The molecule has 0 spiro atoms. The highest BCUT2D eigenvalue weighted by atomic mass is 16.5. The summed E-state index contributed by atoms with van der Waals surface area (Å²) >= 11 is 0. The van der Waals surface area contributed by atoms with Gasteiger partial charge in [-0.05, 0) is 19.3 Å². The molecule has 1 saturated carbocycles. The number of aryl methyl sites for hydroxylation is 2. The number of imidazole rings is 1. The van der Waals surface area contributed by atoms with Gasteiger partial charge in [-0.2, -0.15) is 0 Å². The van der Waals surface area contributed by atoms with Crippen LogP contribution in [0, 0.1) is 5.92 Å². The van der Waals surface area contributed by atoms with Crippen molar-refractivity contribution in [2.45, 2.75) is 65.0 Å². The van der Waals surface area contributed by atoms with Crippen LogP contribution in [0.2, 0.25) is 0 Å². The molecule has 0 atom stereocenters. The first kappa shape index (κ1) is 18.4. The van der Waals surface area contributed by atoms with Crippen molar-refractivity contribution in [1.29, 1.82) is 0 Å². The third-order valence-corrected chi connectivity index (χ3v) is 5.12.